The van der Waals surface area contributed by atoms with Crippen LogP contribution in [0.3, 0.4) is 0 Å². The first-order chi connectivity index (χ1) is 7.13. The summed E-state index contributed by atoms with van der Waals surface area (Å²) in [7, 11) is 2.10. The van der Waals surface area contributed by atoms with Gasteiger partial charge in [-0.25, -0.2) is 0 Å². The molecule has 0 aromatic rings. The average Bonchev–Trinajstić information content (AvgIpc) is 2.21. The Balaban J connectivity index is 2.18. The molecule has 0 heterocycles. The van der Waals surface area contributed by atoms with Gasteiger partial charge in [-0.05, 0) is 37.6 Å². The lowest BCUT2D eigenvalue weighted by Crippen LogP contribution is -2.31. The van der Waals surface area contributed by atoms with E-state index in [1.807, 2.05) is 0 Å². The molecule has 0 bridgehead atoms. The molecular formula is C14H29N. The lowest BCUT2D eigenvalue weighted by molar-refractivity contribution is 0.256. The van der Waals surface area contributed by atoms with Crippen molar-refractivity contribution < 1.29 is 0 Å². The summed E-state index contributed by atoms with van der Waals surface area (Å²) in [5, 5.41) is 3.45. The molecule has 0 aromatic carbocycles. The molecule has 1 aliphatic carbocycles. The van der Waals surface area contributed by atoms with Crippen molar-refractivity contribution >= 4 is 0 Å². The van der Waals surface area contributed by atoms with Crippen LogP contribution in [0.5, 0.6) is 0 Å². The summed E-state index contributed by atoms with van der Waals surface area (Å²) in [6.45, 7) is 7.05. The van der Waals surface area contributed by atoms with Gasteiger partial charge in [0.25, 0.3) is 0 Å². The van der Waals surface area contributed by atoms with Crippen LogP contribution in [0.1, 0.15) is 59.3 Å². The molecule has 0 aromatic heterocycles. The van der Waals surface area contributed by atoms with Gasteiger partial charge in [0.15, 0.2) is 0 Å². The van der Waals surface area contributed by atoms with Crippen LogP contribution in [-0.4, -0.2) is 13.1 Å². The summed E-state index contributed by atoms with van der Waals surface area (Å²) >= 11 is 0. The van der Waals surface area contributed by atoms with E-state index in [1.54, 1.807) is 0 Å². The molecule has 0 saturated heterocycles. The maximum atomic E-state index is 3.45. The van der Waals surface area contributed by atoms with E-state index in [-0.39, 0.29) is 0 Å². The Morgan fingerprint density at radius 2 is 1.73 bits per heavy atom. The Hall–Kier alpha value is -0.0400. The van der Waals surface area contributed by atoms with Crippen molar-refractivity contribution in [3.63, 3.8) is 0 Å². The number of rotatable bonds is 5. The molecule has 1 fully saturated rings. The Morgan fingerprint density at radius 1 is 1.13 bits per heavy atom. The molecule has 1 heteroatoms. The summed E-state index contributed by atoms with van der Waals surface area (Å²) in [5.74, 6) is 2.79. The monoisotopic (exact) mass is 211 g/mol. The summed E-state index contributed by atoms with van der Waals surface area (Å²) in [5.41, 5.74) is 0. The topological polar surface area (TPSA) is 12.0 Å². The Kier molecular flexibility index (Phi) is 5.66. The fourth-order valence-corrected chi connectivity index (χ4v) is 2.84. The number of hydrogen-bond acceptors (Lipinski definition) is 1. The maximum Gasteiger partial charge on any atom is 0.00871 e. The molecule has 1 atom stereocenters. The standard InChI is InChI=1S/C14H29N/c1-11(2)14(15-4)10-9-13-7-5-12(3)6-8-13/h11-15H,5-10H2,1-4H3. The van der Waals surface area contributed by atoms with E-state index in [0.29, 0.717) is 0 Å². The van der Waals surface area contributed by atoms with Gasteiger partial charge in [-0.3, -0.25) is 0 Å². The molecule has 0 aliphatic heterocycles. The average molecular weight is 211 g/mol. The minimum absolute atomic E-state index is 0.726. The zero-order valence-electron chi connectivity index (χ0n) is 11.1. The van der Waals surface area contributed by atoms with Gasteiger partial charge in [0.1, 0.15) is 0 Å². The van der Waals surface area contributed by atoms with Crippen molar-refractivity contribution in [1.29, 1.82) is 0 Å². The van der Waals surface area contributed by atoms with Crippen LogP contribution < -0.4 is 5.32 Å². The minimum atomic E-state index is 0.726. The molecular weight excluding hydrogens is 182 g/mol. The largest absolute Gasteiger partial charge is 0.317 e. The molecule has 90 valence electrons. The third kappa shape index (κ3) is 4.55. The highest BCUT2D eigenvalue weighted by molar-refractivity contribution is 4.74. The van der Waals surface area contributed by atoms with Crippen molar-refractivity contribution in [3.8, 4) is 0 Å². The molecule has 0 amide bonds. The summed E-state index contributed by atoms with van der Waals surface area (Å²) < 4.78 is 0. The molecule has 1 saturated carbocycles. The van der Waals surface area contributed by atoms with E-state index in [4.69, 9.17) is 0 Å². The van der Waals surface area contributed by atoms with Gasteiger partial charge in [-0.15, -0.1) is 0 Å². The predicted molar refractivity (Wildman–Crippen MR) is 68.0 cm³/mol. The van der Waals surface area contributed by atoms with Crippen molar-refractivity contribution in [2.75, 3.05) is 7.05 Å². The highest BCUT2D eigenvalue weighted by atomic mass is 14.9. The first kappa shape index (κ1) is 13.0. The van der Waals surface area contributed by atoms with Gasteiger partial charge >= 0.3 is 0 Å². The van der Waals surface area contributed by atoms with Crippen LogP contribution >= 0.6 is 0 Å². The SMILES string of the molecule is CNC(CCC1CCC(C)CC1)C(C)C. The fourth-order valence-electron chi connectivity index (χ4n) is 2.84. The van der Waals surface area contributed by atoms with Crippen LogP contribution in [0.25, 0.3) is 0 Å². The molecule has 0 spiro atoms. The zero-order valence-corrected chi connectivity index (χ0v) is 11.1. The lowest BCUT2D eigenvalue weighted by Gasteiger charge is -2.28. The smallest absolute Gasteiger partial charge is 0.00871 e. The van der Waals surface area contributed by atoms with Crippen LogP contribution in [0, 0.1) is 17.8 Å². The van der Waals surface area contributed by atoms with Crippen LogP contribution in [0.2, 0.25) is 0 Å². The lowest BCUT2D eigenvalue weighted by atomic mass is 9.80. The first-order valence-corrected chi connectivity index (χ1v) is 6.80. The predicted octanol–water partition coefficient (Wildman–Crippen LogP) is 3.84. The van der Waals surface area contributed by atoms with E-state index >= 15 is 0 Å². The molecule has 1 unspecified atom stereocenters. The van der Waals surface area contributed by atoms with Gasteiger partial charge in [0.2, 0.25) is 0 Å². The van der Waals surface area contributed by atoms with Gasteiger partial charge in [0.05, 0.1) is 0 Å². The fraction of sp³-hybridized carbons (Fsp3) is 1.00. The minimum Gasteiger partial charge on any atom is -0.317 e. The van der Waals surface area contributed by atoms with E-state index in [2.05, 4.69) is 33.1 Å². The molecule has 0 radical (unpaired) electrons. The highest BCUT2D eigenvalue weighted by Crippen LogP contribution is 2.31. The number of hydrogen-bond donors (Lipinski definition) is 1. The van der Waals surface area contributed by atoms with E-state index in [9.17, 15) is 0 Å². The molecule has 15 heavy (non-hydrogen) atoms. The summed E-state index contributed by atoms with van der Waals surface area (Å²) in [6, 6.07) is 0.726. The third-order valence-electron chi connectivity index (χ3n) is 4.20. The normalized spacial score (nSPS) is 29.4. The second kappa shape index (κ2) is 6.52. The Labute approximate surface area is 96.0 Å². The van der Waals surface area contributed by atoms with Crippen molar-refractivity contribution in [3.05, 3.63) is 0 Å². The summed E-state index contributed by atoms with van der Waals surface area (Å²) in [4.78, 5) is 0. The van der Waals surface area contributed by atoms with E-state index < -0.39 is 0 Å². The molecule has 1 aliphatic rings. The van der Waals surface area contributed by atoms with E-state index in [0.717, 1.165) is 23.8 Å². The highest BCUT2D eigenvalue weighted by Gasteiger charge is 2.19. The molecule has 1 nitrogen and oxygen atoms in total. The Morgan fingerprint density at radius 3 is 2.20 bits per heavy atom. The van der Waals surface area contributed by atoms with Crippen LogP contribution in [0.4, 0.5) is 0 Å². The molecule has 1 N–H and O–H groups in total. The van der Waals surface area contributed by atoms with Crippen molar-refractivity contribution in [2.24, 2.45) is 17.8 Å². The summed E-state index contributed by atoms with van der Waals surface area (Å²) in [6.07, 6.45) is 8.71. The van der Waals surface area contributed by atoms with Crippen molar-refractivity contribution in [2.45, 2.75) is 65.3 Å². The zero-order chi connectivity index (χ0) is 11.3. The van der Waals surface area contributed by atoms with Gasteiger partial charge < -0.3 is 5.32 Å². The second-order valence-corrected chi connectivity index (χ2v) is 5.84. The van der Waals surface area contributed by atoms with Gasteiger partial charge in [-0.2, -0.15) is 0 Å². The van der Waals surface area contributed by atoms with Gasteiger partial charge in [0, 0.05) is 6.04 Å². The number of nitrogens with one attached hydrogen (secondary N) is 1. The first-order valence-electron chi connectivity index (χ1n) is 6.80. The third-order valence-corrected chi connectivity index (χ3v) is 4.20. The van der Waals surface area contributed by atoms with Crippen LogP contribution in [0.15, 0.2) is 0 Å². The quantitative estimate of drug-likeness (QED) is 0.728. The van der Waals surface area contributed by atoms with E-state index in [1.165, 1.54) is 38.5 Å². The van der Waals surface area contributed by atoms with Crippen LogP contribution in [-0.2, 0) is 0 Å². The van der Waals surface area contributed by atoms with Gasteiger partial charge in [-0.1, -0.05) is 46.5 Å². The maximum absolute atomic E-state index is 3.45. The second-order valence-electron chi connectivity index (χ2n) is 5.84. The molecule has 1 rings (SSSR count). The van der Waals surface area contributed by atoms with Crippen molar-refractivity contribution in [1.82, 2.24) is 5.32 Å². The Bertz CT molecular complexity index is 157.